The van der Waals surface area contributed by atoms with Crippen LogP contribution in [0.2, 0.25) is 0 Å². The van der Waals surface area contributed by atoms with Crippen LogP contribution in [-0.2, 0) is 0 Å². The van der Waals surface area contributed by atoms with E-state index in [0.29, 0.717) is 18.3 Å². The van der Waals surface area contributed by atoms with E-state index in [1.165, 1.54) is 0 Å². The van der Waals surface area contributed by atoms with Gasteiger partial charge in [-0.15, -0.1) is 0 Å². The zero-order valence-electron chi connectivity index (χ0n) is 13.4. The number of carbonyl (C=O) groups is 1. The molecule has 0 spiro atoms. The summed E-state index contributed by atoms with van der Waals surface area (Å²) < 4.78 is 5.43. The standard InChI is InChI=1S/C17H22N4O2/c1-2-3-11-18-17(22)21-12-7-10-14(21)16-19-15(20-23-16)13-8-5-4-6-9-13/h4-6,8-9,14H,2-3,7,10-12H2,1H3,(H,18,22). The Balaban J connectivity index is 1.71. The Hall–Kier alpha value is -2.37. The molecule has 3 rings (SSSR count). The highest BCUT2D eigenvalue weighted by atomic mass is 16.5. The van der Waals surface area contributed by atoms with Crippen LogP contribution in [0.15, 0.2) is 34.9 Å². The van der Waals surface area contributed by atoms with E-state index < -0.39 is 0 Å². The van der Waals surface area contributed by atoms with Gasteiger partial charge in [0.2, 0.25) is 11.7 Å². The summed E-state index contributed by atoms with van der Waals surface area (Å²) in [6, 6.07) is 9.55. The summed E-state index contributed by atoms with van der Waals surface area (Å²) in [7, 11) is 0. The highest BCUT2D eigenvalue weighted by Crippen LogP contribution is 2.31. The average molecular weight is 314 g/mol. The molecule has 1 aromatic heterocycles. The summed E-state index contributed by atoms with van der Waals surface area (Å²) in [6.45, 7) is 3.54. The molecule has 2 heterocycles. The van der Waals surface area contributed by atoms with Gasteiger partial charge < -0.3 is 14.7 Å². The second-order valence-corrected chi connectivity index (χ2v) is 5.76. The third-order valence-corrected chi connectivity index (χ3v) is 4.08. The van der Waals surface area contributed by atoms with Crippen molar-refractivity contribution in [1.29, 1.82) is 0 Å². The molecular weight excluding hydrogens is 292 g/mol. The molecule has 6 heteroatoms. The Morgan fingerprint density at radius 2 is 2.22 bits per heavy atom. The molecule has 1 N–H and O–H groups in total. The number of hydrogen-bond donors (Lipinski definition) is 1. The number of urea groups is 1. The highest BCUT2D eigenvalue weighted by Gasteiger charge is 2.34. The fraction of sp³-hybridized carbons (Fsp3) is 0.471. The fourth-order valence-electron chi connectivity index (χ4n) is 2.82. The number of hydrogen-bond acceptors (Lipinski definition) is 4. The van der Waals surface area contributed by atoms with Gasteiger partial charge in [0.05, 0.1) is 0 Å². The number of benzene rings is 1. The number of carbonyl (C=O) groups excluding carboxylic acids is 1. The smallest absolute Gasteiger partial charge is 0.318 e. The number of rotatable bonds is 5. The lowest BCUT2D eigenvalue weighted by molar-refractivity contribution is 0.180. The topological polar surface area (TPSA) is 71.3 Å². The van der Waals surface area contributed by atoms with Gasteiger partial charge in [-0.1, -0.05) is 48.8 Å². The quantitative estimate of drug-likeness (QED) is 0.859. The molecule has 6 nitrogen and oxygen atoms in total. The van der Waals surface area contributed by atoms with Gasteiger partial charge in [0, 0.05) is 18.7 Å². The normalized spacial score (nSPS) is 17.4. The second kappa shape index (κ2) is 7.26. The van der Waals surface area contributed by atoms with Crippen LogP contribution in [-0.4, -0.2) is 34.2 Å². The molecule has 2 aromatic rings. The lowest BCUT2D eigenvalue weighted by atomic mass is 10.2. The molecule has 1 fully saturated rings. The maximum Gasteiger partial charge on any atom is 0.318 e. The third kappa shape index (κ3) is 3.52. The van der Waals surface area contributed by atoms with Crippen LogP contribution < -0.4 is 5.32 Å². The molecule has 0 saturated carbocycles. The predicted octanol–water partition coefficient (Wildman–Crippen LogP) is 3.38. The van der Waals surface area contributed by atoms with Crippen LogP contribution in [0.3, 0.4) is 0 Å². The minimum absolute atomic E-state index is 0.0413. The summed E-state index contributed by atoms with van der Waals surface area (Å²) in [5, 5.41) is 7.02. The molecule has 1 unspecified atom stereocenters. The minimum Gasteiger partial charge on any atom is -0.338 e. The molecule has 1 atom stereocenters. The highest BCUT2D eigenvalue weighted by molar-refractivity contribution is 5.74. The maximum absolute atomic E-state index is 12.3. The van der Waals surface area contributed by atoms with E-state index in [4.69, 9.17) is 4.52 Å². The summed E-state index contributed by atoms with van der Waals surface area (Å²) in [5.41, 5.74) is 0.916. The van der Waals surface area contributed by atoms with Crippen LogP contribution in [0.25, 0.3) is 11.4 Å². The third-order valence-electron chi connectivity index (χ3n) is 4.08. The van der Waals surface area contributed by atoms with Gasteiger partial charge in [0.25, 0.3) is 0 Å². The minimum atomic E-state index is -0.124. The van der Waals surface area contributed by atoms with Gasteiger partial charge in [0.15, 0.2) is 0 Å². The van der Waals surface area contributed by atoms with Gasteiger partial charge in [0.1, 0.15) is 6.04 Å². The number of nitrogens with one attached hydrogen (secondary N) is 1. The molecular formula is C17H22N4O2. The van der Waals surface area contributed by atoms with E-state index in [1.807, 2.05) is 30.3 Å². The van der Waals surface area contributed by atoms with Crippen molar-refractivity contribution >= 4 is 6.03 Å². The fourth-order valence-corrected chi connectivity index (χ4v) is 2.82. The van der Waals surface area contributed by atoms with Crippen molar-refractivity contribution in [2.24, 2.45) is 0 Å². The first-order valence-corrected chi connectivity index (χ1v) is 8.23. The maximum atomic E-state index is 12.3. The molecule has 2 amide bonds. The molecule has 1 aliphatic rings. The van der Waals surface area contributed by atoms with Gasteiger partial charge >= 0.3 is 6.03 Å². The first-order valence-electron chi connectivity index (χ1n) is 8.23. The summed E-state index contributed by atoms with van der Waals surface area (Å²) in [4.78, 5) is 18.6. The molecule has 122 valence electrons. The number of amides is 2. The number of nitrogens with zero attached hydrogens (tertiary/aromatic N) is 3. The van der Waals surface area contributed by atoms with Crippen molar-refractivity contribution in [3.05, 3.63) is 36.2 Å². The zero-order valence-corrected chi connectivity index (χ0v) is 13.4. The van der Waals surface area contributed by atoms with Crippen molar-refractivity contribution in [1.82, 2.24) is 20.4 Å². The molecule has 0 aliphatic carbocycles. The predicted molar refractivity (Wildman–Crippen MR) is 86.7 cm³/mol. The van der Waals surface area contributed by atoms with Gasteiger partial charge in [-0.3, -0.25) is 0 Å². The van der Waals surface area contributed by atoms with Crippen LogP contribution in [0.4, 0.5) is 4.79 Å². The molecule has 23 heavy (non-hydrogen) atoms. The molecule has 1 saturated heterocycles. The van der Waals surface area contributed by atoms with Gasteiger partial charge in [-0.2, -0.15) is 4.98 Å². The van der Waals surface area contributed by atoms with Crippen molar-refractivity contribution in [3.63, 3.8) is 0 Å². The van der Waals surface area contributed by atoms with E-state index in [1.54, 1.807) is 4.90 Å². The van der Waals surface area contributed by atoms with Crippen molar-refractivity contribution in [2.75, 3.05) is 13.1 Å². The molecule has 1 aromatic carbocycles. The van der Waals surface area contributed by atoms with E-state index in [9.17, 15) is 4.79 Å². The van der Waals surface area contributed by atoms with E-state index in [-0.39, 0.29) is 12.1 Å². The number of unbranched alkanes of at least 4 members (excludes halogenated alkanes) is 1. The van der Waals surface area contributed by atoms with Crippen molar-refractivity contribution in [2.45, 2.75) is 38.6 Å². The summed E-state index contributed by atoms with van der Waals surface area (Å²) in [5.74, 6) is 1.09. The second-order valence-electron chi connectivity index (χ2n) is 5.76. The van der Waals surface area contributed by atoms with Crippen molar-refractivity contribution in [3.8, 4) is 11.4 Å². The lowest BCUT2D eigenvalue weighted by Gasteiger charge is -2.22. The zero-order chi connectivity index (χ0) is 16.1. The van der Waals surface area contributed by atoms with Crippen LogP contribution >= 0.6 is 0 Å². The van der Waals surface area contributed by atoms with Gasteiger partial charge in [-0.05, 0) is 19.3 Å². The Morgan fingerprint density at radius 3 is 3.00 bits per heavy atom. The Morgan fingerprint density at radius 1 is 1.39 bits per heavy atom. The number of likely N-dealkylation sites (tertiary alicyclic amines) is 1. The van der Waals surface area contributed by atoms with E-state index in [0.717, 1.165) is 37.8 Å². The monoisotopic (exact) mass is 314 g/mol. The summed E-state index contributed by atoms with van der Waals surface area (Å²) >= 11 is 0. The number of aromatic nitrogens is 2. The van der Waals surface area contributed by atoms with Crippen LogP contribution in [0, 0.1) is 0 Å². The first kappa shape index (κ1) is 15.5. The average Bonchev–Trinajstić information content (AvgIpc) is 3.25. The first-order chi connectivity index (χ1) is 11.3. The molecule has 1 aliphatic heterocycles. The Labute approximate surface area is 135 Å². The van der Waals surface area contributed by atoms with E-state index in [2.05, 4.69) is 22.4 Å². The van der Waals surface area contributed by atoms with Gasteiger partial charge in [-0.25, -0.2) is 4.79 Å². The Kier molecular flexibility index (Phi) is 4.90. The Bertz CT molecular complexity index is 641. The lowest BCUT2D eigenvalue weighted by Crippen LogP contribution is -2.39. The van der Waals surface area contributed by atoms with E-state index >= 15 is 0 Å². The van der Waals surface area contributed by atoms with Crippen LogP contribution in [0.1, 0.15) is 44.5 Å². The largest absolute Gasteiger partial charge is 0.338 e. The molecule has 0 radical (unpaired) electrons. The molecule has 0 bridgehead atoms. The summed E-state index contributed by atoms with van der Waals surface area (Å²) in [6.07, 6.45) is 3.86. The van der Waals surface area contributed by atoms with Crippen molar-refractivity contribution < 1.29 is 9.32 Å². The SMILES string of the molecule is CCCCNC(=O)N1CCCC1c1nc(-c2ccccc2)no1. The van der Waals surface area contributed by atoms with Crippen LogP contribution in [0.5, 0.6) is 0 Å².